The fraction of sp³-hybridized carbons (Fsp3) is 0.500. The molecule has 20 heavy (non-hydrogen) atoms. The van der Waals surface area contributed by atoms with Crippen molar-refractivity contribution in [2.24, 2.45) is 0 Å². The molecule has 0 N–H and O–H groups in total. The van der Waals surface area contributed by atoms with Crippen LogP contribution in [0.2, 0.25) is 0 Å². The molecule has 3 rings (SSSR count). The van der Waals surface area contributed by atoms with Gasteiger partial charge in [-0.3, -0.25) is 9.36 Å². The van der Waals surface area contributed by atoms with Crippen LogP contribution in [0.25, 0.3) is 10.2 Å². The van der Waals surface area contributed by atoms with Crippen LogP contribution in [0.15, 0.2) is 11.1 Å². The summed E-state index contributed by atoms with van der Waals surface area (Å²) in [7, 11) is 1.34. The molecule has 0 aromatic carbocycles. The first kappa shape index (κ1) is 13.3. The van der Waals surface area contributed by atoms with E-state index in [1.165, 1.54) is 22.9 Å². The average molecular weight is 292 g/mol. The van der Waals surface area contributed by atoms with Gasteiger partial charge in [-0.05, 0) is 31.2 Å². The summed E-state index contributed by atoms with van der Waals surface area (Å²) >= 11 is 1.60. The van der Waals surface area contributed by atoms with Crippen LogP contribution >= 0.6 is 11.3 Å². The molecule has 0 saturated carbocycles. The number of hydrogen-bond donors (Lipinski definition) is 0. The van der Waals surface area contributed by atoms with Crippen LogP contribution < -0.4 is 5.56 Å². The van der Waals surface area contributed by atoms with Gasteiger partial charge in [0.05, 0.1) is 18.8 Å². The zero-order chi connectivity index (χ0) is 14.3. The number of aromatic nitrogens is 2. The Hall–Kier alpha value is -1.69. The SMILES string of the molecule is CC[C@H](C(=O)OC)n1cnc2sc3c(c2c1=O)CCC3. The van der Waals surface area contributed by atoms with Crippen LogP contribution in [-0.2, 0) is 22.4 Å². The minimum atomic E-state index is -0.596. The van der Waals surface area contributed by atoms with E-state index in [0.717, 1.165) is 29.7 Å². The molecular formula is C14H16N2O3S. The van der Waals surface area contributed by atoms with Crippen LogP contribution in [0.5, 0.6) is 0 Å². The van der Waals surface area contributed by atoms with Gasteiger partial charge in [0.25, 0.3) is 5.56 Å². The van der Waals surface area contributed by atoms with E-state index in [-0.39, 0.29) is 5.56 Å². The molecular weight excluding hydrogens is 276 g/mol. The minimum Gasteiger partial charge on any atom is -0.467 e. The Balaban J connectivity index is 2.20. The maximum atomic E-state index is 12.7. The lowest BCUT2D eigenvalue weighted by Gasteiger charge is -2.15. The highest BCUT2D eigenvalue weighted by Crippen LogP contribution is 2.34. The quantitative estimate of drug-likeness (QED) is 0.813. The Bertz CT molecular complexity index is 732. The Morgan fingerprint density at radius 1 is 1.55 bits per heavy atom. The third-order valence-corrected chi connectivity index (χ3v) is 5.05. The predicted octanol–water partition coefficient (Wildman–Crippen LogP) is 2.07. The number of methoxy groups -OCH3 is 1. The number of esters is 1. The number of aryl methyl sites for hydroxylation is 2. The van der Waals surface area contributed by atoms with Gasteiger partial charge in [0.1, 0.15) is 10.9 Å². The summed E-state index contributed by atoms with van der Waals surface area (Å²) in [6.07, 6.45) is 5.04. The van der Waals surface area contributed by atoms with Crippen molar-refractivity contribution in [3.8, 4) is 0 Å². The second-order valence-electron chi connectivity index (χ2n) is 4.94. The molecule has 0 amide bonds. The molecule has 2 aromatic heterocycles. The van der Waals surface area contributed by atoms with Gasteiger partial charge < -0.3 is 4.74 Å². The van der Waals surface area contributed by atoms with Crippen LogP contribution in [0, 0.1) is 0 Å². The Kier molecular flexibility index (Phi) is 3.33. The van der Waals surface area contributed by atoms with Gasteiger partial charge in [-0.1, -0.05) is 6.92 Å². The number of rotatable bonds is 3. The van der Waals surface area contributed by atoms with E-state index in [1.807, 2.05) is 6.92 Å². The number of nitrogens with zero attached hydrogens (tertiary/aromatic N) is 2. The lowest BCUT2D eigenvalue weighted by molar-refractivity contribution is -0.144. The van der Waals surface area contributed by atoms with Crippen LogP contribution in [0.4, 0.5) is 0 Å². The highest BCUT2D eigenvalue weighted by molar-refractivity contribution is 7.18. The third kappa shape index (κ3) is 1.86. The number of thiophene rings is 1. The van der Waals surface area contributed by atoms with Crippen molar-refractivity contribution in [2.45, 2.75) is 38.6 Å². The second kappa shape index (κ2) is 5.01. The van der Waals surface area contributed by atoms with Gasteiger partial charge in [-0.2, -0.15) is 0 Å². The zero-order valence-corrected chi connectivity index (χ0v) is 12.3. The van der Waals surface area contributed by atoms with E-state index < -0.39 is 12.0 Å². The summed E-state index contributed by atoms with van der Waals surface area (Å²) in [5, 5.41) is 0.701. The fourth-order valence-electron chi connectivity index (χ4n) is 2.83. The molecule has 0 bridgehead atoms. The van der Waals surface area contributed by atoms with Gasteiger partial charge in [-0.25, -0.2) is 9.78 Å². The van der Waals surface area contributed by atoms with Gasteiger partial charge in [0.2, 0.25) is 0 Å². The Morgan fingerprint density at radius 3 is 3.05 bits per heavy atom. The van der Waals surface area contributed by atoms with Gasteiger partial charge in [0, 0.05) is 4.88 Å². The fourth-order valence-corrected chi connectivity index (χ4v) is 4.05. The summed E-state index contributed by atoms with van der Waals surface area (Å²) in [5.41, 5.74) is 1.02. The molecule has 0 fully saturated rings. The summed E-state index contributed by atoms with van der Waals surface area (Å²) in [6, 6.07) is -0.596. The molecule has 6 heteroatoms. The van der Waals surface area contributed by atoms with E-state index in [2.05, 4.69) is 4.98 Å². The monoisotopic (exact) mass is 292 g/mol. The molecule has 0 unspecified atom stereocenters. The molecule has 1 aliphatic carbocycles. The van der Waals surface area contributed by atoms with Crippen molar-refractivity contribution >= 4 is 27.5 Å². The lowest BCUT2D eigenvalue weighted by atomic mass is 10.2. The Labute approximate surface area is 120 Å². The number of ether oxygens (including phenoxy) is 1. The maximum Gasteiger partial charge on any atom is 0.329 e. The molecule has 2 aromatic rings. The summed E-state index contributed by atoms with van der Waals surface area (Å²) in [4.78, 5) is 30.9. The van der Waals surface area contributed by atoms with Crippen molar-refractivity contribution in [1.29, 1.82) is 0 Å². The lowest BCUT2D eigenvalue weighted by Crippen LogP contribution is -2.30. The Morgan fingerprint density at radius 2 is 2.35 bits per heavy atom. The molecule has 2 heterocycles. The van der Waals surface area contributed by atoms with Crippen LogP contribution in [0.1, 0.15) is 36.2 Å². The van der Waals surface area contributed by atoms with Crippen molar-refractivity contribution in [3.05, 3.63) is 27.1 Å². The van der Waals surface area contributed by atoms with Gasteiger partial charge in [-0.15, -0.1) is 11.3 Å². The molecule has 0 spiro atoms. The first-order valence-electron chi connectivity index (χ1n) is 6.76. The number of carbonyl (C=O) groups is 1. The van der Waals surface area contributed by atoms with Gasteiger partial charge in [0.15, 0.2) is 0 Å². The van der Waals surface area contributed by atoms with Crippen molar-refractivity contribution in [1.82, 2.24) is 9.55 Å². The minimum absolute atomic E-state index is 0.119. The van der Waals surface area contributed by atoms with E-state index in [4.69, 9.17) is 4.74 Å². The molecule has 1 aliphatic rings. The van der Waals surface area contributed by atoms with Crippen LogP contribution in [0.3, 0.4) is 0 Å². The third-order valence-electron chi connectivity index (χ3n) is 3.85. The maximum absolute atomic E-state index is 12.7. The number of hydrogen-bond acceptors (Lipinski definition) is 5. The zero-order valence-electron chi connectivity index (χ0n) is 11.5. The molecule has 0 radical (unpaired) electrons. The standard InChI is InChI=1S/C14H16N2O3S/c1-3-9(14(18)19-2)16-7-15-12-11(13(16)17)8-5-4-6-10(8)20-12/h7,9H,3-6H2,1-2H3/t9-/m1/s1. The first-order chi connectivity index (χ1) is 9.67. The van der Waals surface area contributed by atoms with E-state index in [1.54, 1.807) is 11.3 Å². The summed E-state index contributed by atoms with van der Waals surface area (Å²) in [6.45, 7) is 1.86. The predicted molar refractivity (Wildman–Crippen MR) is 77.2 cm³/mol. The molecule has 5 nitrogen and oxygen atoms in total. The van der Waals surface area contributed by atoms with E-state index >= 15 is 0 Å². The topological polar surface area (TPSA) is 61.2 Å². The summed E-state index contributed by atoms with van der Waals surface area (Å²) < 4.78 is 6.19. The highest BCUT2D eigenvalue weighted by Gasteiger charge is 2.25. The average Bonchev–Trinajstić information content (AvgIpc) is 3.01. The molecule has 106 valence electrons. The van der Waals surface area contributed by atoms with Gasteiger partial charge >= 0.3 is 5.97 Å². The number of fused-ring (bicyclic) bond motifs is 3. The first-order valence-corrected chi connectivity index (χ1v) is 7.58. The molecule has 0 saturated heterocycles. The molecule has 0 aliphatic heterocycles. The smallest absolute Gasteiger partial charge is 0.329 e. The number of carbonyl (C=O) groups excluding carboxylic acids is 1. The van der Waals surface area contributed by atoms with Crippen molar-refractivity contribution < 1.29 is 9.53 Å². The molecule has 1 atom stereocenters. The highest BCUT2D eigenvalue weighted by atomic mass is 32.1. The van der Waals surface area contributed by atoms with Crippen LogP contribution in [-0.4, -0.2) is 22.6 Å². The summed E-state index contributed by atoms with van der Waals surface area (Å²) in [5.74, 6) is -0.400. The van der Waals surface area contributed by atoms with E-state index in [0.29, 0.717) is 11.8 Å². The normalized spacial score (nSPS) is 15.3. The van der Waals surface area contributed by atoms with Crippen molar-refractivity contribution in [2.75, 3.05) is 7.11 Å². The second-order valence-corrected chi connectivity index (χ2v) is 6.03. The van der Waals surface area contributed by atoms with Crippen molar-refractivity contribution in [3.63, 3.8) is 0 Å². The van der Waals surface area contributed by atoms with E-state index in [9.17, 15) is 9.59 Å². The largest absolute Gasteiger partial charge is 0.467 e.